The summed E-state index contributed by atoms with van der Waals surface area (Å²) < 4.78 is -1.83. The second-order valence-corrected chi connectivity index (χ2v) is 19.2. The van der Waals surface area contributed by atoms with E-state index in [0.717, 1.165) is 16.2 Å². The summed E-state index contributed by atoms with van der Waals surface area (Å²) in [6, 6.07) is 39.3. The summed E-state index contributed by atoms with van der Waals surface area (Å²) in [5.41, 5.74) is 2.16. The second-order valence-electron chi connectivity index (χ2n) is 7.71. The van der Waals surface area contributed by atoms with E-state index in [0.29, 0.717) is 0 Å². The van der Waals surface area contributed by atoms with Crippen molar-refractivity contribution in [3.8, 4) is 0 Å². The van der Waals surface area contributed by atoms with E-state index in [1.165, 1.54) is 27.0 Å². The Labute approximate surface area is 203 Å². The number of benzene rings is 4. The Kier molecular flexibility index (Phi) is 5.49. The van der Waals surface area contributed by atoms with Crippen LogP contribution in [0.4, 0.5) is 0 Å². The van der Waals surface area contributed by atoms with Gasteiger partial charge in [-0.3, -0.25) is 0 Å². The number of hydrogen-bond donors (Lipinski definition) is 1. The molecule has 0 aliphatic heterocycles. The Balaban J connectivity index is 1.87. The van der Waals surface area contributed by atoms with Gasteiger partial charge in [0.2, 0.25) is 0 Å². The normalized spacial score (nSPS) is 13.0. The number of H-pyrrole nitrogens is 1. The molecule has 1 N–H and O–H groups in total. The van der Waals surface area contributed by atoms with E-state index >= 15 is 0 Å². The Morgan fingerprint density at radius 2 is 1.19 bits per heavy atom. The van der Waals surface area contributed by atoms with Crippen molar-refractivity contribution < 1.29 is 0 Å². The molecule has 5 heteroatoms. The van der Waals surface area contributed by atoms with E-state index in [9.17, 15) is 0 Å². The van der Waals surface area contributed by atoms with Gasteiger partial charge in [-0.2, -0.15) is 0 Å². The van der Waals surface area contributed by atoms with E-state index in [2.05, 4.69) is 151 Å². The molecule has 2 nitrogen and oxygen atoms in total. The van der Waals surface area contributed by atoms with Crippen molar-refractivity contribution in [3.63, 3.8) is 0 Å². The molecule has 0 radical (unpaired) electrons. The number of fused-ring (bicyclic) bond motifs is 1. The fourth-order valence-electron chi connectivity index (χ4n) is 4.39. The number of halogens is 2. The van der Waals surface area contributed by atoms with Crippen LogP contribution < -0.4 is 15.9 Å². The van der Waals surface area contributed by atoms with Crippen LogP contribution in [0.2, 0.25) is 0 Å². The molecule has 0 bridgehead atoms. The number of nitrogens with one attached hydrogen (secondary N) is 1. The summed E-state index contributed by atoms with van der Waals surface area (Å²) in [5.74, 6) is 0. The third kappa shape index (κ3) is 3.45. The fraction of sp³-hybridized carbons (Fsp3) is 0.0385. The Morgan fingerprint density at radius 1 is 0.710 bits per heavy atom. The van der Waals surface area contributed by atoms with E-state index in [4.69, 9.17) is 0 Å². The van der Waals surface area contributed by atoms with Crippen LogP contribution in [0.15, 0.2) is 114 Å². The Morgan fingerprint density at radius 3 is 1.68 bits per heavy atom. The Bertz CT molecular complexity index is 1240. The maximum atomic E-state index is 4.63. The van der Waals surface area contributed by atoms with Crippen LogP contribution in [0.3, 0.4) is 0 Å². The number of rotatable bonds is 5. The molecule has 0 unspecified atom stereocenters. The molecular weight excluding hydrogens is 578 g/mol. The summed E-state index contributed by atoms with van der Waals surface area (Å²) in [5, 5.41) is 13.3. The van der Waals surface area contributed by atoms with Crippen molar-refractivity contribution >= 4 is 69.0 Å². The molecule has 5 aromatic rings. The molecule has 5 rings (SSSR count). The first-order chi connectivity index (χ1) is 15.1. The third-order valence-corrected chi connectivity index (χ3v) is 17.5. The first-order valence-electron chi connectivity index (χ1n) is 10.1. The van der Waals surface area contributed by atoms with Crippen LogP contribution >= 0.6 is 42.2 Å². The van der Waals surface area contributed by atoms with E-state index < -0.39 is 4.25 Å². The van der Waals surface area contributed by atoms with E-state index in [-0.39, 0.29) is 0 Å². The average molecular weight is 599 g/mol. The number of aromatic nitrogens is 2. The van der Waals surface area contributed by atoms with Crippen molar-refractivity contribution in [2.75, 3.05) is 0 Å². The van der Waals surface area contributed by atoms with Gasteiger partial charge in [0.15, 0.2) is 0 Å². The SMILES string of the molecule is Brc1ccc2n[nH]c(CP(I)(c3ccccc3)(c3ccccc3)c3ccccc3)c2c1. The topological polar surface area (TPSA) is 28.7 Å². The molecule has 0 fully saturated rings. The van der Waals surface area contributed by atoms with Gasteiger partial charge in [0.05, 0.1) is 0 Å². The van der Waals surface area contributed by atoms with Crippen LogP contribution in [0, 0.1) is 0 Å². The minimum absolute atomic E-state index is 0.858. The quantitative estimate of drug-likeness (QED) is 0.177. The second kappa shape index (κ2) is 8.16. The van der Waals surface area contributed by atoms with Crippen LogP contribution in [0.5, 0.6) is 0 Å². The van der Waals surface area contributed by atoms with Gasteiger partial charge in [0, 0.05) is 0 Å². The van der Waals surface area contributed by atoms with Crippen molar-refractivity contribution in [2.24, 2.45) is 0 Å². The molecule has 0 saturated heterocycles. The van der Waals surface area contributed by atoms with Gasteiger partial charge in [0.1, 0.15) is 0 Å². The zero-order chi connectivity index (χ0) is 21.3. The summed E-state index contributed by atoms with van der Waals surface area (Å²) in [7, 11) is 0. The number of hydrogen-bond acceptors (Lipinski definition) is 1. The molecule has 1 heterocycles. The minimum atomic E-state index is -2.90. The first-order valence-corrected chi connectivity index (χ1v) is 16.1. The van der Waals surface area contributed by atoms with Crippen molar-refractivity contribution in [1.29, 1.82) is 0 Å². The van der Waals surface area contributed by atoms with Gasteiger partial charge in [-0.15, -0.1) is 0 Å². The molecule has 154 valence electrons. The summed E-state index contributed by atoms with van der Waals surface area (Å²) in [6.45, 7) is 0. The summed E-state index contributed by atoms with van der Waals surface area (Å²) in [4.78, 5) is 0. The predicted molar refractivity (Wildman–Crippen MR) is 147 cm³/mol. The van der Waals surface area contributed by atoms with Crippen LogP contribution in [0.1, 0.15) is 5.69 Å². The molecule has 0 amide bonds. The molecule has 1 aromatic heterocycles. The standard InChI is InChI=1S/C26H21BrIN2P/c27-20-16-17-25-24(18-20)26(30-29-25)19-31(28,21-10-4-1-5-11-21,22-12-6-2-7-13-22)23-14-8-3-9-15-23/h1-18H,19H2,(H,29,30). The molecule has 31 heavy (non-hydrogen) atoms. The van der Waals surface area contributed by atoms with Gasteiger partial charge < -0.3 is 0 Å². The zero-order valence-corrected chi connectivity index (χ0v) is 21.4. The average Bonchev–Trinajstić information content (AvgIpc) is 3.22. The number of aromatic amines is 1. The molecular formula is C26H21BrIN2P. The molecule has 0 spiro atoms. The molecule has 0 atom stereocenters. The van der Waals surface area contributed by atoms with Crippen LogP contribution in [-0.4, -0.2) is 10.2 Å². The third-order valence-electron chi connectivity index (χ3n) is 5.93. The van der Waals surface area contributed by atoms with Crippen LogP contribution in [0.25, 0.3) is 10.9 Å². The summed E-state index contributed by atoms with van der Waals surface area (Å²) >= 11 is 6.47. The van der Waals surface area contributed by atoms with E-state index in [1.807, 2.05) is 6.07 Å². The summed E-state index contributed by atoms with van der Waals surface area (Å²) in [6.07, 6.45) is 0.858. The van der Waals surface area contributed by atoms with Gasteiger partial charge in [0.25, 0.3) is 0 Å². The fourth-order valence-corrected chi connectivity index (χ4v) is 13.3. The predicted octanol–water partition coefficient (Wildman–Crippen LogP) is 6.71. The zero-order valence-electron chi connectivity index (χ0n) is 16.7. The molecule has 0 aliphatic rings. The molecule has 0 saturated carbocycles. The maximum absolute atomic E-state index is 4.63. The molecule has 4 aromatic carbocycles. The Hall–Kier alpha value is -2.01. The monoisotopic (exact) mass is 598 g/mol. The van der Waals surface area contributed by atoms with Crippen molar-refractivity contribution in [1.82, 2.24) is 10.2 Å². The van der Waals surface area contributed by atoms with Gasteiger partial charge in [-0.1, -0.05) is 0 Å². The van der Waals surface area contributed by atoms with Gasteiger partial charge in [-0.05, 0) is 0 Å². The van der Waals surface area contributed by atoms with Crippen molar-refractivity contribution in [2.45, 2.75) is 6.16 Å². The van der Waals surface area contributed by atoms with Crippen molar-refractivity contribution in [3.05, 3.63) is 119 Å². The number of nitrogens with zero attached hydrogens (tertiary/aromatic N) is 1. The van der Waals surface area contributed by atoms with Gasteiger partial charge in [-0.25, -0.2) is 0 Å². The first kappa shape index (κ1) is 20.9. The van der Waals surface area contributed by atoms with E-state index in [1.54, 1.807) is 0 Å². The van der Waals surface area contributed by atoms with Crippen LogP contribution in [-0.2, 0) is 6.16 Å². The molecule has 0 aliphatic carbocycles. The van der Waals surface area contributed by atoms with Gasteiger partial charge >= 0.3 is 205 Å².